The molecule has 244 valence electrons. The molecule has 1 spiro atoms. The molecule has 2 heterocycles. The van der Waals surface area contributed by atoms with Gasteiger partial charge in [0.1, 0.15) is 5.75 Å². The minimum Gasteiger partial charge on any atom is -0.490 e. The van der Waals surface area contributed by atoms with E-state index in [-0.39, 0.29) is 17.5 Å². The minimum atomic E-state index is -0.328. The van der Waals surface area contributed by atoms with Gasteiger partial charge in [-0.2, -0.15) is 0 Å². The molecular weight excluding hydrogens is 618 g/mol. The van der Waals surface area contributed by atoms with Gasteiger partial charge in [0.15, 0.2) is 5.16 Å². The molecule has 3 aromatic rings. The number of hydrogen-bond donors (Lipinski definition) is 0. The molecule has 1 aromatic heterocycles. The number of carbonyl (C=O) groups is 1. The van der Waals surface area contributed by atoms with E-state index in [2.05, 4.69) is 27.0 Å². The number of rotatable bonds is 8. The van der Waals surface area contributed by atoms with Crippen LogP contribution in [0.3, 0.4) is 0 Å². The lowest BCUT2D eigenvalue weighted by Crippen LogP contribution is -2.51. The van der Waals surface area contributed by atoms with Gasteiger partial charge in [-0.15, -0.1) is 0 Å². The van der Waals surface area contributed by atoms with Crippen molar-refractivity contribution >= 4 is 35.0 Å². The van der Waals surface area contributed by atoms with Gasteiger partial charge < -0.3 is 19.1 Å². The van der Waals surface area contributed by atoms with Gasteiger partial charge in [-0.1, -0.05) is 35.9 Å². The molecule has 4 aliphatic rings. The lowest BCUT2D eigenvalue weighted by Gasteiger charge is -2.48. The second kappa shape index (κ2) is 13.7. The number of aryl methyl sites for hydroxylation is 1. The van der Waals surface area contributed by atoms with Gasteiger partial charge in [0.25, 0.3) is 0 Å². The van der Waals surface area contributed by atoms with Crippen molar-refractivity contribution in [2.24, 2.45) is 17.8 Å². The third-order valence-electron chi connectivity index (χ3n) is 11.0. The number of halogens is 1. The largest absolute Gasteiger partial charge is 0.490 e. The highest BCUT2D eigenvalue weighted by Crippen LogP contribution is 2.49. The zero-order valence-electron chi connectivity index (χ0n) is 26.8. The smallest absolute Gasteiger partial charge is 0.337 e. The van der Waals surface area contributed by atoms with Crippen molar-refractivity contribution in [3.05, 3.63) is 76.6 Å². The molecule has 0 bridgehead atoms. The van der Waals surface area contributed by atoms with E-state index in [1.54, 1.807) is 0 Å². The zero-order chi connectivity index (χ0) is 31.7. The fraction of sp³-hybridized carbons (Fsp3) is 0.541. The van der Waals surface area contributed by atoms with E-state index >= 15 is 0 Å². The number of ether oxygens (including phenoxy) is 3. The Morgan fingerprint density at radius 3 is 2.76 bits per heavy atom. The van der Waals surface area contributed by atoms with E-state index in [1.807, 2.05) is 61.6 Å². The first-order chi connectivity index (χ1) is 22.5. The number of esters is 1. The van der Waals surface area contributed by atoms with Crippen LogP contribution in [0.25, 0.3) is 0 Å². The van der Waals surface area contributed by atoms with Crippen molar-refractivity contribution in [1.82, 2.24) is 9.97 Å². The van der Waals surface area contributed by atoms with Crippen molar-refractivity contribution in [1.29, 1.82) is 0 Å². The van der Waals surface area contributed by atoms with Crippen molar-refractivity contribution in [2.75, 3.05) is 38.8 Å². The van der Waals surface area contributed by atoms with E-state index in [0.717, 1.165) is 60.4 Å². The molecule has 1 aliphatic heterocycles. The lowest BCUT2D eigenvalue weighted by atomic mass is 9.65. The quantitative estimate of drug-likeness (QED) is 0.179. The summed E-state index contributed by atoms with van der Waals surface area (Å²) in [7, 11) is 3.35. The second-order valence-electron chi connectivity index (χ2n) is 13.7. The highest BCUT2D eigenvalue weighted by molar-refractivity contribution is 7.99. The molecule has 9 heteroatoms. The van der Waals surface area contributed by atoms with Crippen LogP contribution < -0.4 is 9.64 Å². The van der Waals surface area contributed by atoms with Crippen molar-refractivity contribution in [2.45, 2.75) is 79.7 Å². The van der Waals surface area contributed by atoms with Crippen LogP contribution in [0.2, 0.25) is 5.02 Å². The molecule has 0 amide bonds. The highest BCUT2D eigenvalue weighted by Gasteiger charge is 2.46. The molecule has 2 saturated carbocycles. The summed E-state index contributed by atoms with van der Waals surface area (Å²) in [6.45, 7) is 2.34. The number of fused-ring (bicyclic) bond motifs is 3. The van der Waals surface area contributed by atoms with Crippen LogP contribution in [0.15, 0.2) is 60.0 Å². The molecule has 6 atom stereocenters. The van der Waals surface area contributed by atoms with Gasteiger partial charge in [0.05, 0.1) is 31.1 Å². The summed E-state index contributed by atoms with van der Waals surface area (Å²) < 4.78 is 18.1. The van der Waals surface area contributed by atoms with Gasteiger partial charge in [-0.25, -0.2) is 14.8 Å². The Labute approximate surface area is 281 Å². The number of carbonyl (C=O) groups excluding carboxylic acids is 1. The predicted molar refractivity (Wildman–Crippen MR) is 182 cm³/mol. The number of methoxy groups -OCH3 is 2. The second-order valence-corrected chi connectivity index (χ2v) is 15.4. The summed E-state index contributed by atoms with van der Waals surface area (Å²) in [6.07, 6.45) is 14.2. The van der Waals surface area contributed by atoms with E-state index in [1.165, 1.54) is 50.3 Å². The van der Waals surface area contributed by atoms with Crippen molar-refractivity contribution in [3.63, 3.8) is 0 Å². The Kier molecular flexibility index (Phi) is 9.49. The number of aromatic nitrogens is 2. The number of benzene rings is 2. The van der Waals surface area contributed by atoms with Crippen LogP contribution in [0, 0.1) is 17.8 Å². The Morgan fingerprint density at radius 1 is 1.11 bits per heavy atom. The molecular formula is C37H44ClN3O4S. The average molecular weight is 662 g/mol. The summed E-state index contributed by atoms with van der Waals surface area (Å²) in [4.78, 5) is 24.1. The fourth-order valence-electron chi connectivity index (χ4n) is 8.69. The average Bonchev–Trinajstić information content (AvgIpc) is 3.22. The first-order valence-electron chi connectivity index (χ1n) is 16.8. The number of thioether (sulfide) groups is 1. The van der Waals surface area contributed by atoms with E-state index in [4.69, 9.17) is 25.8 Å². The first-order valence-corrected chi connectivity index (χ1v) is 18.1. The fourth-order valence-corrected chi connectivity index (χ4v) is 10.1. The maximum Gasteiger partial charge on any atom is 0.337 e. The Morgan fingerprint density at radius 2 is 1.98 bits per heavy atom. The third-order valence-corrected chi connectivity index (χ3v) is 12.4. The van der Waals surface area contributed by atoms with Gasteiger partial charge in [0.2, 0.25) is 0 Å². The maximum atomic E-state index is 12.6. The van der Waals surface area contributed by atoms with E-state index in [9.17, 15) is 4.79 Å². The molecule has 7 nitrogen and oxygen atoms in total. The Balaban J connectivity index is 1.15. The van der Waals surface area contributed by atoms with Gasteiger partial charge in [-0.3, -0.25) is 0 Å². The molecule has 0 radical (unpaired) electrons. The highest BCUT2D eigenvalue weighted by atomic mass is 35.5. The zero-order valence-corrected chi connectivity index (χ0v) is 28.4. The lowest BCUT2D eigenvalue weighted by molar-refractivity contribution is -0.0587. The molecule has 3 aliphatic carbocycles. The van der Waals surface area contributed by atoms with Crippen LogP contribution in [0.1, 0.15) is 72.9 Å². The number of hydrogen-bond acceptors (Lipinski definition) is 8. The third kappa shape index (κ3) is 6.37. The van der Waals surface area contributed by atoms with Crippen LogP contribution >= 0.6 is 23.4 Å². The van der Waals surface area contributed by atoms with Crippen molar-refractivity contribution in [3.8, 4) is 5.75 Å². The van der Waals surface area contributed by atoms with Crippen LogP contribution in [-0.4, -0.2) is 61.2 Å². The normalized spacial score (nSPS) is 27.8. The molecule has 0 saturated heterocycles. The SMILES string of the molecule is COC(=O)c1ccc2c(c1)N(C[C@@H]1CC[C@H]1[C@@H](OC)[C@@H]1CCC[C@H](Sc3ncccn3)C1)CC1(CCCc3cc(Cl)ccc31)CO2. The maximum absolute atomic E-state index is 12.6. The number of nitrogens with zero attached hydrogens (tertiary/aromatic N) is 3. The van der Waals surface area contributed by atoms with E-state index in [0.29, 0.717) is 35.2 Å². The van der Waals surface area contributed by atoms with Crippen LogP contribution in [0.4, 0.5) is 5.69 Å². The topological polar surface area (TPSA) is 73.8 Å². The summed E-state index contributed by atoms with van der Waals surface area (Å²) in [5.41, 5.74) is 4.06. The van der Waals surface area contributed by atoms with Gasteiger partial charge >= 0.3 is 5.97 Å². The Hall–Kier alpha value is -2.81. The number of anilines is 1. The molecule has 1 unspecified atom stereocenters. The van der Waals surface area contributed by atoms with Crippen LogP contribution in [-0.2, 0) is 21.3 Å². The molecule has 2 aromatic carbocycles. The molecule has 0 N–H and O–H groups in total. The summed E-state index contributed by atoms with van der Waals surface area (Å²) in [5, 5.41) is 2.18. The van der Waals surface area contributed by atoms with Gasteiger partial charge in [-0.05, 0) is 117 Å². The monoisotopic (exact) mass is 661 g/mol. The van der Waals surface area contributed by atoms with E-state index < -0.39 is 0 Å². The first kappa shape index (κ1) is 31.8. The molecule has 46 heavy (non-hydrogen) atoms. The molecule has 2 fully saturated rings. The molecule has 7 rings (SSSR count). The summed E-state index contributed by atoms with van der Waals surface area (Å²) in [6, 6.07) is 14.0. The Bertz CT molecular complexity index is 1540. The van der Waals surface area contributed by atoms with Crippen molar-refractivity contribution < 1.29 is 19.0 Å². The van der Waals surface area contributed by atoms with Crippen LogP contribution in [0.5, 0.6) is 5.75 Å². The summed E-state index contributed by atoms with van der Waals surface area (Å²) >= 11 is 8.29. The minimum absolute atomic E-state index is 0.157. The standard InChI is InChI=1S/C37H44ClN3O4S/c1-43-34(25-6-3-8-29(19-25)46-36-39-16-5-17-40-36)30-12-9-27(30)21-41-22-37(15-4-7-24-18-28(38)11-13-31(24)37)23-45-33-14-10-26(20-32(33)41)35(42)44-2/h5,10-11,13-14,16-18,20,25,27,29-30,34H,3-4,6-9,12,15,19,21-23H2,1-2H3/t25-,27+,29+,30-,34+,37?/m1/s1. The summed E-state index contributed by atoms with van der Waals surface area (Å²) in [5.74, 6) is 2.02. The van der Waals surface area contributed by atoms with Gasteiger partial charge in [0, 0.05) is 48.3 Å². The predicted octanol–water partition coefficient (Wildman–Crippen LogP) is 7.78.